The van der Waals surface area contributed by atoms with E-state index < -0.39 is 23.2 Å². The fraction of sp³-hybridized carbons (Fsp3) is 0.333. The van der Waals surface area contributed by atoms with Gasteiger partial charge in [0.05, 0.1) is 17.4 Å². The van der Waals surface area contributed by atoms with Crippen LogP contribution in [0.4, 0.5) is 18.0 Å². The largest absolute Gasteiger partial charge is 0.357 e. The van der Waals surface area contributed by atoms with E-state index in [1.165, 1.54) is 23.6 Å². The minimum absolute atomic E-state index is 0.133. The van der Waals surface area contributed by atoms with Gasteiger partial charge >= 0.3 is 6.03 Å². The van der Waals surface area contributed by atoms with Gasteiger partial charge in [-0.1, -0.05) is 78.0 Å². The van der Waals surface area contributed by atoms with Crippen LogP contribution in [0.15, 0.2) is 95.6 Å². The maximum absolute atomic E-state index is 15.6. The molecule has 2 amide bonds. The second-order valence-electron chi connectivity index (χ2n) is 12.8. The third kappa shape index (κ3) is 7.99. The lowest BCUT2D eigenvalue weighted by atomic mass is 9.94. The minimum Gasteiger partial charge on any atom is -0.324 e. The Morgan fingerprint density at radius 3 is 2.31 bits per heavy atom. The zero-order valence-electron chi connectivity index (χ0n) is 28.1. The minimum atomic E-state index is -2.32. The van der Waals surface area contributed by atoms with E-state index in [0.717, 1.165) is 27.9 Å². The molecule has 5 rings (SSSR count). The van der Waals surface area contributed by atoms with E-state index in [9.17, 15) is 9.18 Å². The van der Waals surface area contributed by atoms with Gasteiger partial charge in [0.25, 0.3) is 0 Å². The molecule has 12 heteroatoms. The number of nitrogens with one attached hydrogen (secondary N) is 1. The quantitative estimate of drug-likeness (QED) is 0.180. The summed E-state index contributed by atoms with van der Waals surface area (Å²) in [6.45, 7) is 8.14. The molecule has 2 unspecified atom stereocenters. The summed E-state index contributed by atoms with van der Waals surface area (Å²) < 4.78 is 46.8. The number of rotatable bonds is 9. The predicted octanol–water partition coefficient (Wildman–Crippen LogP) is 8.25. The smallest absolute Gasteiger partial charge is 0.324 e. The van der Waals surface area contributed by atoms with Gasteiger partial charge in [-0.05, 0) is 63.4 Å². The fourth-order valence-electron chi connectivity index (χ4n) is 5.29. The molecule has 2 atom stereocenters. The van der Waals surface area contributed by atoms with E-state index in [-0.39, 0.29) is 28.2 Å². The molecule has 1 aliphatic heterocycles. The Morgan fingerprint density at radius 2 is 1.69 bits per heavy atom. The van der Waals surface area contributed by atoms with Crippen molar-refractivity contribution >= 4 is 23.0 Å². The molecule has 0 bridgehead atoms. The number of amides is 2. The molecule has 0 saturated carbocycles. The number of halogens is 3. The molecule has 1 N–H and O–H groups in total. The maximum Gasteiger partial charge on any atom is 0.357 e. The molecule has 2 heterocycles. The monoisotopic (exact) mass is 675 g/mol. The third-order valence-corrected chi connectivity index (χ3v) is 9.35. The number of allylic oxidation sites excluding steroid dienone is 1. The number of aromatic nitrogens is 3. The Kier molecular flexibility index (Phi) is 10.2. The molecule has 48 heavy (non-hydrogen) atoms. The molecule has 4 aromatic rings. The summed E-state index contributed by atoms with van der Waals surface area (Å²) in [5, 5.41) is 6.51. The second kappa shape index (κ2) is 14.0. The third-order valence-electron chi connectivity index (χ3n) is 8.31. The van der Waals surface area contributed by atoms with Gasteiger partial charge in [-0.3, -0.25) is 5.43 Å². The van der Waals surface area contributed by atoms with Crippen LogP contribution < -0.4 is 5.43 Å². The van der Waals surface area contributed by atoms with Crippen LogP contribution >= 0.6 is 11.8 Å². The standard InChI is InChI=1S/C36H40F3N7OS/c1-23-8-16-28(17-9-23)36(5,39)31(37)30-21-48-34(44(30)6)41-33(47)43-45(7)24(2)26-12-14-27(15-13-26)32-40-22-46(42-32)29-18-10-25(11-19-29)20-35(3,4)38/h8-19,22,24H,20-21H2,1-7H3,(H,43,47)/b31-30-,41-34-. The van der Waals surface area contributed by atoms with E-state index in [4.69, 9.17) is 0 Å². The van der Waals surface area contributed by atoms with Crippen molar-refractivity contribution < 1.29 is 18.0 Å². The predicted molar refractivity (Wildman–Crippen MR) is 186 cm³/mol. The van der Waals surface area contributed by atoms with Crippen molar-refractivity contribution in [2.24, 2.45) is 4.99 Å². The molecule has 252 valence electrons. The first-order valence-electron chi connectivity index (χ1n) is 15.6. The average Bonchev–Trinajstić information content (AvgIpc) is 3.67. The second-order valence-corrected chi connectivity index (χ2v) is 13.7. The molecule has 0 spiro atoms. The number of urea groups is 1. The van der Waals surface area contributed by atoms with Gasteiger partial charge in [0.15, 0.2) is 22.5 Å². The number of aryl methyl sites for hydroxylation is 1. The lowest BCUT2D eigenvalue weighted by molar-refractivity contribution is 0.175. The molecule has 8 nitrogen and oxygen atoms in total. The zero-order chi connectivity index (χ0) is 34.8. The molecule has 0 aliphatic carbocycles. The number of amidine groups is 1. The topological polar surface area (TPSA) is 78.6 Å². The molecule has 1 aromatic heterocycles. The van der Waals surface area contributed by atoms with E-state index >= 15 is 8.78 Å². The first-order chi connectivity index (χ1) is 22.6. The summed E-state index contributed by atoms with van der Waals surface area (Å²) in [5.74, 6) is -0.205. The molecular weight excluding hydrogens is 636 g/mol. The summed E-state index contributed by atoms with van der Waals surface area (Å²) in [7, 11) is 3.30. The van der Waals surface area contributed by atoms with E-state index in [1.54, 1.807) is 68.2 Å². The van der Waals surface area contributed by atoms with Gasteiger partial charge in [-0.15, -0.1) is 5.10 Å². The highest BCUT2D eigenvalue weighted by Gasteiger charge is 2.38. The summed E-state index contributed by atoms with van der Waals surface area (Å²) in [6.07, 6.45) is 1.97. The van der Waals surface area contributed by atoms with E-state index in [2.05, 4.69) is 20.5 Å². The number of carbonyl (C=O) groups is 1. The lowest BCUT2D eigenvalue weighted by Gasteiger charge is -2.25. The Hall–Kier alpha value is -4.42. The number of thioether (sulfide) groups is 1. The first kappa shape index (κ1) is 34.9. The van der Waals surface area contributed by atoms with Crippen molar-refractivity contribution in [1.82, 2.24) is 30.1 Å². The van der Waals surface area contributed by atoms with Crippen LogP contribution in [0.2, 0.25) is 0 Å². The van der Waals surface area contributed by atoms with Crippen LogP contribution in [0.25, 0.3) is 17.1 Å². The highest BCUT2D eigenvalue weighted by atomic mass is 32.2. The highest BCUT2D eigenvalue weighted by molar-refractivity contribution is 8.14. The number of hydrogen-bond acceptors (Lipinski definition) is 5. The van der Waals surface area contributed by atoms with Gasteiger partial charge in [0.2, 0.25) is 0 Å². The molecule has 0 radical (unpaired) electrons. The molecule has 1 aliphatic rings. The number of alkyl halides is 2. The summed E-state index contributed by atoms with van der Waals surface area (Å²) in [6, 6.07) is 21.1. The van der Waals surface area contributed by atoms with Crippen LogP contribution in [0, 0.1) is 6.92 Å². The molecule has 3 aromatic carbocycles. The molecule has 1 fully saturated rings. The Bertz CT molecular complexity index is 1810. The van der Waals surface area contributed by atoms with Gasteiger partial charge in [0, 0.05) is 31.8 Å². The summed E-state index contributed by atoms with van der Waals surface area (Å²) >= 11 is 1.17. The van der Waals surface area contributed by atoms with Gasteiger partial charge in [0.1, 0.15) is 12.0 Å². The Balaban J connectivity index is 1.20. The van der Waals surface area contributed by atoms with Crippen LogP contribution in [-0.2, 0) is 12.1 Å². The Labute approximate surface area is 283 Å². The van der Waals surface area contributed by atoms with Crippen molar-refractivity contribution in [2.75, 3.05) is 19.8 Å². The number of aliphatic imine (C=N–C) groups is 1. The number of carbonyl (C=O) groups excluding carboxylic acids is 1. The first-order valence-corrected chi connectivity index (χ1v) is 16.5. The number of hydrogen-bond donors (Lipinski definition) is 1. The average molecular weight is 676 g/mol. The van der Waals surface area contributed by atoms with Crippen LogP contribution in [-0.4, -0.2) is 61.4 Å². The molecular formula is C36H40F3N7OS. The lowest BCUT2D eigenvalue weighted by Crippen LogP contribution is -2.40. The Morgan fingerprint density at radius 1 is 1.04 bits per heavy atom. The number of benzene rings is 3. The fourth-order valence-corrected chi connectivity index (χ4v) is 6.33. The number of nitrogens with zero attached hydrogens (tertiary/aromatic N) is 6. The SMILES string of the molecule is Cc1ccc(C(C)(F)/C(F)=C2\CS/C(=N\C(=O)NN(C)C(C)c3ccc(-c4ncn(-c5ccc(CC(C)(C)F)cc5)n4)cc3)N2C)cc1. The van der Waals surface area contributed by atoms with Crippen molar-refractivity contribution in [2.45, 2.75) is 58.4 Å². The summed E-state index contributed by atoms with van der Waals surface area (Å²) in [5.41, 5.74) is 3.94. The van der Waals surface area contributed by atoms with Crippen LogP contribution in [0.5, 0.6) is 0 Å². The van der Waals surface area contributed by atoms with Gasteiger partial charge < -0.3 is 4.90 Å². The van der Waals surface area contributed by atoms with Crippen molar-refractivity contribution in [3.05, 3.63) is 113 Å². The van der Waals surface area contributed by atoms with Gasteiger partial charge in [-0.25, -0.2) is 32.6 Å². The van der Waals surface area contributed by atoms with Crippen LogP contribution in [0.3, 0.4) is 0 Å². The van der Waals surface area contributed by atoms with Crippen LogP contribution in [0.1, 0.15) is 56.0 Å². The van der Waals surface area contributed by atoms with Crippen molar-refractivity contribution in [3.8, 4) is 17.1 Å². The van der Waals surface area contributed by atoms with Gasteiger partial charge in [-0.2, -0.15) is 4.99 Å². The van der Waals surface area contributed by atoms with Crippen molar-refractivity contribution in [1.29, 1.82) is 0 Å². The van der Waals surface area contributed by atoms with Crippen molar-refractivity contribution in [3.63, 3.8) is 0 Å². The zero-order valence-corrected chi connectivity index (χ0v) is 28.9. The maximum atomic E-state index is 15.6. The highest BCUT2D eigenvalue weighted by Crippen LogP contribution is 2.40. The normalized spacial score (nSPS) is 17.5. The van der Waals surface area contributed by atoms with E-state index in [1.807, 2.05) is 62.4 Å². The van der Waals surface area contributed by atoms with E-state index in [0.29, 0.717) is 12.2 Å². The summed E-state index contributed by atoms with van der Waals surface area (Å²) in [4.78, 5) is 22.9. The number of hydrazine groups is 1. The molecule has 1 saturated heterocycles.